The van der Waals surface area contributed by atoms with Crippen LogP contribution in [0.15, 0.2) is 24.3 Å². The molecule has 17 heavy (non-hydrogen) atoms. The average molecular weight is 340 g/mol. The van der Waals surface area contributed by atoms with Gasteiger partial charge in [-0.3, -0.25) is 0 Å². The number of anilines is 3. The van der Waals surface area contributed by atoms with Gasteiger partial charge in [0.05, 0.1) is 0 Å². The molecule has 0 atom stereocenters. The Bertz CT molecular complexity index is 537. The molecule has 0 bridgehead atoms. The first-order chi connectivity index (χ1) is 8.06. The summed E-state index contributed by atoms with van der Waals surface area (Å²) < 4.78 is 1.20. The van der Waals surface area contributed by atoms with Gasteiger partial charge in [0.15, 0.2) is 0 Å². The summed E-state index contributed by atoms with van der Waals surface area (Å²) in [7, 11) is 0. The Morgan fingerprint density at radius 1 is 1.12 bits per heavy atom. The summed E-state index contributed by atoms with van der Waals surface area (Å²) in [6.45, 7) is 3.73. The van der Waals surface area contributed by atoms with E-state index in [4.69, 9.17) is 5.73 Å². The van der Waals surface area contributed by atoms with Gasteiger partial charge in [0.2, 0.25) is 0 Å². The van der Waals surface area contributed by atoms with Gasteiger partial charge >= 0.3 is 0 Å². The fourth-order valence-corrected chi connectivity index (χ4v) is 1.80. The molecule has 5 heteroatoms. The lowest BCUT2D eigenvalue weighted by molar-refractivity contribution is 1.04. The lowest BCUT2D eigenvalue weighted by Gasteiger charge is -2.10. The Morgan fingerprint density at radius 3 is 2.41 bits per heavy atom. The molecule has 0 fully saturated rings. The first-order valence-corrected chi connectivity index (χ1v) is 6.27. The minimum atomic E-state index is 0.519. The Balaban J connectivity index is 2.32. The third-order valence-corrected chi connectivity index (χ3v) is 3.12. The highest BCUT2D eigenvalue weighted by atomic mass is 127. The highest BCUT2D eigenvalue weighted by Crippen LogP contribution is 2.22. The van der Waals surface area contributed by atoms with Gasteiger partial charge in [-0.05, 0) is 60.7 Å². The van der Waals surface area contributed by atoms with Crippen molar-refractivity contribution in [3.05, 3.63) is 39.2 Å². The summed E-state index contributed by atoms with van der Waals surface area (Å²) in [5.74, 6) is 1.95. The first-order valence-electron chi connectivity index (χ1n) is 5.19. The van der Waals surface area contributed by atoms with E-state index >= 15 is 0 Å². The molecule has 0 amide bonds. The third-order valence-electron chi connectivity index (χ3n) is 2.40. The van der Waals surface area contributed by atoms with Gasteiger partial charge in [-0.15, -0.1) is 0 Å². The monoisotopic (exact) mass is 340 g/mol. The second-order valence-corrected chi connectivity index (χ2v) is 5.01. The van der Waals surface area contributed by atoms with E-state index in [9.17, 15) is 0 Å². The lowest BCUT2D eigenvalue weighted by Crippen LogP contribution is -2.04. The molecule has 88 valence electrons. The van der Waals surface area contributed by atoms with Crippen LogP contribution in [0, 0.1) is 17.4 Å². The number of nitrogen functional groups attached to an aromatic ring is 1. The Kier molecular flexibility index (Phi) is 3.46. The fraction of sp³-hybridized carbons (Fsp3) is 0.167. The maximum absolute atomic E-state index is 5.81. The summed E-state index contributed by atoms with van der Waals surface area (Å²) >= 11 is 2.27. The van der Waals surface area contributed by atoms with Crippen molar-refractivity contribution >= 4 is 39.9 Å². The van der Waals surface area contributed by atoms with Crippen LogP contribution in [-0.4, -0.2) is 9.97 Å². The first kappa shape index (κ1) is 12.1. The van der Waals surface area contributed by atoms with E-state index in [1.165, 1.54) is 3.57 Å². The van der Waals surface area contributed by atoms with E-state index in [-0.39, 0.29) is 0 Å². The number of rotatable bonds is 2. The topological polar surface area (TPSA) is 63.8 Å². The van der Waals surface area contributed by atoms with E-state index in [0.29, 0.717) is 11.6 Å². The Labute approximate surface area is 114 Å². The van der Waals surface area contributed by atoms with Crippen LogP contribution in [0.3, 0.4) is 0 Å². The van der Waals surface area contributed by atoms with Gasteiger partial charge in [0.1, 0.15) is 17.5 Å². The third kappa shape index (κ3) is 2.85. The summed E-state index contributed by atoms with van der Waals surface area (Å²) in [5, 5.41) is 3.25. The number of hydrogen-bond donors (Lipinski definition) is 2. The predicted molar refractivity (Wildman–Crippen MR) is 78.4 cm³/mol. The van der Waals surface area contributed by atoms with Gasteiger partial charge in [-0.2, -0.15) is 0 Å². The zero-order valence-corrected chi connectivity index (χ0v) is 11.8. The number of nitrogens with zero attached hydrogens (tertiary/aromatic N) is 2. The minimum Gasteiger partial charge on any atom is -0.383 e. The number of hydrogen-bond acceptors (Lipinski definition) is 4. The molecule has 1 heterocycles. The summed E-state index contributed by atoms with van der Waals surface area (Å²) in [6, 6.07) is 8.09. The standard InChI is InChI=1S/C12H13IN4/c1-7-11(14)15-8(2)16-12(7)17-10-5-3-9(13)4-6-10/h3-6H,1-2H3,(H3,14,15,16,17). The smallest absolute Gasteiger partial charge is 0.139 e. The predicted octanol–water partition coefficient (Wildman–Crippen LogP) is 3.02. The van der Waals surface area contributed by atoms with Crippen molar-refractivity contribution in [3.8, 4) is 0 Å². The molecular weight excluding hydrogens is 327 g/mol. The molecule has 0 aliphatic carbocycles. The molecule has 2 aromatic rings. The van der Waals surface area contributed by atoms with Crippen LogP contribution in [0.1, 0.15) is 11.4 Å². The molecule has 0 radical (unpaired) electrons. The van der Waals surface area contributed by atoms with Gasteiger partial charge in [0, 0.05) is 14.8 Å². The molecule has 0 saturated carbocycles. The van der Waals surface area contributed by atoms with Gasteiger partial charge in [-0.1, -0.05) is 0 Å². The number of benzene rings is 1. The zero-order valence-electron chi connectivity index (χ0n) is 9.66. The maximum atomic E-state index is 5.81. The van der Waals surface area contributed by atoms with Crippen molar-refractivity contribution in [1.82, 2.24) is 9.97 Å². The molecule has 4 nitrogen and oxygen atoms in total. The van der Waals surface area contributed by atoms with E-state index in [1.54, 1.807) is 0 Å². The normalized spacial score (nSPS) is 10.3. The fourth-order valence-electron chi connectivity index (χ4n) is 1.44. The second kappa shape index (κ2) is 4.87. The number of nitrogens with one attached hydrogen (secondary N) is 1. The van der Waals surface area contributed by atoms with Crippen LogP contribution in [0.4, 0.5) is 17.3 Å². The highest BCUT2D eigenvalue weighted by molar-refractivity contribution is 14.1. The quantitative estimate of drug-likeness (QED) is 0.825. The van der Waals surface area contributed by atoms with Crippen molar-refractivity contribution < 1.29 is 0 Å². The molecular formula is C12H13IN4. The van der Waals surface area contributed by atoms with Crippen LogP contribution < -0.4 is 11.1 Å². The summed E-state index contributed by atoms with van der Waals surface area (Å²) in [4.78, 5) is 8.46. The van der Waals surface area contributed by atoms with E-state index in [1.807, 2.05) is 38.1 Å². The number of nitrogens with two attached hydrogens (primary N) is 1. The van der Waals surface area contributed by atoms with Crippen molar-refractivity contribution in [1.29, 1.82) is 0 Å². The SMILES string of the molecule is Cc1nc(N)c(C)c(Nc2ccc(I)cc2)n1. The molecule has 0 unspecified atom stereocenters. The van der Waals surface area contributed by atoms with Crippen LogP contribution in [0.25, 0.3) is 0 Å². The van der Waals surface area contributed by atoms with Crippen LogP contribution >= 0.6 is 22.6 Å². The Hall–Kier alpha value is -1.37. The van der Waals surface area contributed by atoms with Crippen LogP contribution in [0.2, 0.25) is 0 Å². The maximum Gasteiger partial charge on any atom is 0.139 e. The molecule has 1 aromatic heterocycles. The summed E-state index contributed by atoms with van der Waals surface area (Å²) in [5.41, 5.74) is 7.67. The molecule has 0 aliphatic rings. The van der Waals surface area contributed by atoms with Crippen molar-refractivity contribution in [2.24, 2.45) is 0 Å². The van der Waals surface area contributed by atoms with Gasteiger partial charge in [0.25, 0.3) is 0 Å². The van der Waals surface area contributed by atoms with E-state index in [0.717, 1.165) is 17.1 Å². The number of aryl methyl sites for hydroxylation is 1. The second-order valence-electron chi connectivity index (χ2n) is 3.76. The molecule has 0 saturated heterocycles. The van der Waals surface area contributed by atoms with Crippen LogP contribution in [-0.2, 0) is 0 Å². The van der Waals surface area contributed by atoms with Crippen molar-refractivity contribution in [2.75, 3.05) is 11.1 Å². The van der Waals surface area contributed by atoms with E-state index in [2.05, 4.69) is 37.9 Å². The molecule has 2 rings (SSSR count). The van der Waals surface area contributed by atoms with Crippen molar-refractivity contribution in [2.45, 2.75) is 13.8 Å². The molecule has 3 N–H and O–H groups in total. The number of aromatic nitrogens is 2. The zero-order chi connectivity index (χ0) is 12.4. The number of halogens is 1. The highest BCUT2D eigenvalue weighted by Gasteiger charge is 2.06. The lowest BCUT2D eigenvalue weighted by atomic mass is 10.2. The van der Waals surface area contributed by atoms with Gasteiger partial charge < -0.3 is 11.1 Å². The summed E-state index contributed by atoms with van der Waals surface area (Å²) in [6.07, 6.45) is 0. The van der Waals surface area contributed by atoms with Gasteiger partial charge in [-0.25, -0.2) is 9.97 Å². The molecule has 0 aliphatic heterocycles. The van der Waals surface area contributed by atoms with Crippen molar-refractivity contribution in [3.63, 3.8) is 0 Å². The molecule has 1 aromatic carbocycles. The molecule has 0 spiro atoms. The Morgan fingerprint density at radius 2 is 1.76 bits per heavy atom. The van der Waals surface area contributed by atoms with E-state index < -0.39 is 0 Å². The minimum absolute atomic E-state index is 0.519. The average Bonchev–Trinajstić information content (AvgIpc) is 2.28. The van der Waals surface area contributed by atoms with Crippen LogP contribution in [0.5, 0.6) is 0 Å². The largest absolute Gasteiger partial charge is 0.383 e.